The first kappa shape index (κ1) is 15.6. The first-order valence-electron chi connectivity index (χ1n) is 7.47. The highest BCUT2D eigenvalue weighted by Crippen LogP contribution is 2.27. The zero-order valence-corrected chi connectivity index (χ0v) is 13.6. The number of anilines is 2. The molecule has 2 amide bonds. The molecule has 0 bridgehead atoms. The molecule has 23 heavy (non-hydrogen) atoms. The first-order valence-corrected chi connectivity index (χ1v) is 7.84. The molecule has 4 nitrogen and oxygen atoms in total. The fraction of sp³-hybridized carbons (Fsp3) is 0.222. The van der Waals surface area contributed by atoms with Gasteiger partial charge in [0.15, 0.2) is 0 Å². The predicted molar refractivity (Wildman–Crippen MR) is 92.0 cm³/mol. The van der Waals surface area contributed by atoms with E-state index in [9.17, 15) is 9.59 Å². The van der Waals surface area contributed by atoms with E-state index in [1.54, 1.807) is 36.2 Å². The highest BCUT2D eigenvalue weighted by Gasteiger charge is 2.21. The van der Waals surface area contributed by atoms with Crippen LogP contribution in [0.1, 0.15) is 17.5 Å². The highest BCUT2D eigenvalue weighted by atomic mass is 35.5. The molecule has 0 saturated heterocycles. The monoisotopic (exact) mass is 328 g/mol. The van der Waals surface area contributed by atoms with Crippen LogP contribution in [-0.2, 0) is 22.4 Å². The fourth-order valence-corrected chi connectivity index (χ4v) is 2.87. The SMILES string of the molecule is CN1C(=O)CCc2cc(CC(=O)Nc3ccc(Cl)cc3)ccc21. The Labute approximate surface area is 140 Å². The third-order valence-corrected chi connectivity index (χ3v) is 4.23. The van der Waals surface area contributed by atoms with Gasteiger partial charge in [0.2, 0.25) is 11.8 Å². The van der Waals surface area contributed by atoms with E-state index in [0.29, 0.717) is 17.9 Å². The van der Waals surface area contributed by atoms with E-state index < -0.39 is 0 Å². The average molecular weight is 329 g/mol. The van der Waals surface area contributed by atoms with Crippen molar-refractivity contribution in [3.8, 4) is 0 Å². The Morgan fingerprint density at radius 3 is 2.65 bits per heavy atom. The summed E-state index contributed by atoms with van der Waals surface area (Å²) in [6.45, 7) is 0. The number of nitrogens with zero attached hydrogens (tertiary/aromatic N) is 1. The van der Waals surface area contributed by atoms with Crippen molar-refractivity contribution in [3.05, 3.63) is 58.6 Å². The third-order valence-electron chi connectivity index (χ3n) is 3.98. The summed E-state index contributed by atoms with van der Waals surface area (Å²) >= 11 is 5.83. The van der Waals surface area contributed by atoms with E-state index in [2.05, 4.69) is 5.32 Å². The van der Waals surface area contributed by atoms with Crippen molar-refractivity contribution in [3.63, 3.8) is 0 Å². The topological polar surface area (TPSA) is 49.4 Å². The molecule has 118 valence electrons. The summed E-state index contributed by atoms with van der Waals surface area (Å²) in [6, 6.07) is 12.8. The second-order valence-electron chi connectivity index (χ2n) is 5.65. The number of halogens is 1. The minimum atomic E-state index is -0.0764. The van der Waals surface area contributed by atoms with Gasteiger partial charge in [-0.1, -0.05) is 23.7 Å². The Bertz CT molecular complexity index is 756. The molecule has 1 N–H and O–H groups in total. The second-order valence-corrected chi connectivity index (χ2v) is 6.08. The Balaban J connectivity index is 1.69. The van der Waals surface area contributed by atoms with Crippen LogP contribution in [0.5, 0.6) is 0 Å². The van der Waals surface area contributed by atoms with Gasteiger partial charge in [-0.25, -0.2) is 0 Å². The van der Waals surface area contributed by atoms with Gasteiger partial charge in [-0.2, -0.15) is 0 Å². The summed E-state index contributed by atoms with van der Waals surface area (Å²) in [4.78, 5) is 25.5. The largest absolute Gasteiger partial charge is 0.326 e. The zero-order valence-electron chi connectivity index (χ0n) is 12.8. The lowest BCUT2D eigenvalue weighted by atomic mass is 9.98. The highest BCUT2D eigenvalue weighted by molar-refractivity contribution is 6.30. The summed E-state index contributed by atoms with van der Waals surface area (Å²) in [6.07, 6.45) is 1.54. The number of aryl methyl sites for hydroxylation is 1. The normalized spacial score (nSPS) is 13.7. The average Bonchev–Trinajstić information content (AvgIpc) is 2.53. The van der Waals surface area contributed by atoms with Gasteiger partial charge in [-0.15, -0.1) is 0 Å². The van der Waals surface area contributed by atoms with Crippen LogP contribution in [-0.4, -0.2) is 18.9 Å². The maximum Gasteiger partial charge on any atom is 0.228 e. The molecule has 0 aliphatic carbocycles. The Morgan fingerprint density at radius 2 is 1.91 bits per heavy atom. The summed E-state index contributed by atoms with van der Waals surface area (Å²) in [5, 5.41) is 3.49. The van der Waals surface area contributed by atoms with Crippen molar-refractivity contribution in [2.45, 2.75) is 19.3 Å². The molecule has 0 unspecified atom stereocenters. The van der Waals surface area contributed by atoms with Crippen LogP contribution < -0.4 is 10.2 Å². The maximum absolute atomic E-state index is 12.1. The number of benzene rings is 2. The van der Waals surface area contributed by atoms with Crippen LogP contribution in [0.2, 0.25) is 5.02 Å². The van der Waals surface area contributed by atoms with Gasteiger partial charge >= 0.3 is 0 Å². The van der Waals surface area contributed by atoms with Crippen molar-refractivity contribution in [2.24, 2.45) is 0 Å². The molecule has 5 heteroatoms. The minimum absolute atomic E-state index is 0.0764. The van der Waals surface area contributed by atoms with Gasteiger partial charge in [-0.3, -0.25) is 9.59 Å². The van der Waals surface area contributed by atoms with Crippen molar-refractivity contribution in [1.29, 1.82) is 0 Å². The number of amides is 2. The lowest BCUT2D eigenvalue weighted by Crippen LogP contribution is -2.31. The van der Waals surface area contributed by atoms with E-state index >= 15 is 0 Å². The number of hydrogen-bond acceptors (Lipinski definition) is 2. The summed E-state index contributed by atoms with van der Waals surface area (Å²) in [5.74, 6) is 0.0539. The van der Waals surface area contributed by atoms with Gasteiger partial charge in [0.1, 0.15) is 0 Å². The third kappa shape index (κ3) is 3.54. The van der Waals surface area contributed by atoms with Gasteiger partial charge < -0.3 is 10.2 Å². The fourth-order valence-electron chi connectivity index (χ4n) is 2.74. The van der Waals surface area contributed by atoms with E-state index in [0.717, 1.165) is 28.9 Å². The second kappa shape index (κ2) is 6.42. The molecule has 0 saturated carbocycles. The lowest BCUT2D eigenvalue weighted by molar-refractivity contribution is -0.118. The summed E-state index contributed by atoms with van der Waals surface area (Å²) in [5.41, 5.74) is 3.72. The van der Waals surface area contributed by atoms with Crippen LogP contribution in [0.25, 0.3) is 0 Å². The van der Waals surface area contributed by atoms with Crippen LogP contribution in [0.4, 0.5) is 11.4 Å². The summed E-state index contributed by atoms with van der Waals surface area (Å²) < 4.78 is 0. The number of nitrogens with one attached hydrogen (secondary N) is 1. The van der Waals surface area contributed by atoms with Crippen LogP contribution in [0.15, 0.2) is 42.5 Å². The zero-order chi connectivity index (χ0) is 16.4. The number of rotatable bonds is 3. The molecule has 0 radical (unpaired) electrons. The van der Waals surface area contributed by atoms with Gasteiger partial charge in [0, 0.05) is 29.9 Å². The predicted octanol–water partition coefficient (Wildman–Crippen LogP) is 3.43. The molecule has 0 atom stereocenters. The smallest absolute Gasteiger partial charge is 0.228 e. The Morgan fingerprint density at radius 1 is 1.17 bits per heavy atom. The van der Waals surface area contributed by atoms with E-state index in [-0.39, 0.29) is 11.8 Å². The van der Waals surface area contributed by atoms with Crippen molar-refractivity contribution >= 4 is 34.8 Å². The van der Waals surface area contributed by atoms with Crippen LogP contribution >= 0.6 is 11.6 Å². The molecule has 0 fully saturated rings. The molecular weight excluding hydrogens is 312 g/mol. The van der Waals surface area contributed by atoms with Crippen molar-refractivity contribution in [2.75, 3.05) is 17.3 Å². The standard InChI is InChI=1S/C18H17ClN2O2/c1-21-16-8-2-12(10-13(16)3-9-18(21)23)11-17(22)20-15-6-4-14(19)5-7-15/h2,4-8,10H,3,9,11H2,1H3,(H,20,22). The maximum atomic E-state index is 12.1. The summed E-state index contributed by atoms with van der Waals surface area (Å²) in [7, 11) is 1.78. The molecule has 1 heterocycles. The Hall–Kier alpha value is -2.33. The molecule has 2 aromatic carbocycles. The lowest BCUT2D eigenvalue weighted by Gasteiger charge is -2.26. The van der Waals surface area contributed by atoms with E-state index in [4.69, 9.17) is 11.6 Å². The molecular formula is C18H17ClN2O2. The van der Waals surface area contributed by atoms with Crippen molar-refractivity contribution in [1.82, 2.24) is 0 Å². The number of carbonyl (C=O) groups excluding carboxylic acids is 2. The number of carbonyl (C=O) groups is 2. The van der Waals surface area contributed by atoms with Crippen LogP contribution in [0, 0.1) is 0 Å². The van der Waals surface area contributed by atoms with Gasteiger partial charge in [-0.05, 0) is 47.9 Å². The van der Waals surface area contributed by atoms with Gasteiger partial charge in [0.25, 0.3) is 0 Å². The minimum Gasteiger partial charge on any atom is -0.326 e. The quantitative estimate of drug-likeness (QED) is 0.938. The molecule has 2 aromatic rings. The molecule has 0 spiro atoms. The molecule has 3 rings (SSSR count). The Kier molecular flexibility index (Phi) is 4.35. The molecule has 1 aliphatic rings. The first-order chi connectivity index (χ1) is 11.0. The molecule has 0 aromatic heterocycles. The van der Waals surface area contributed by atoms with E-state index in [1.165, 1.54) is 0 Å². The van der Waals surface area contributed by atoms with E-state index in [1.807, 2.05) is 18.2 Å². The van der Waals surface area contributed by atoms with Gasteiger partial charge in [0.05, 0.1) is 6.42 Å². The molecule has 1 aliphatic heterocycles. The van der Waals surface area contributed by atoms with Crippen molar-refractivity contribution < 1.29 is 9.59 Å². The number of fused-ring (bicyclic) bond motifs is 1. The number of hydrogen-bond donors (Lipinski definition) is 1. The van der Waals surface area contributed by atoms with Crippen LogP contribution in [0.3, 0.4) is 0 Å².